The topological polar surface area (TPSA) is 49.4 Å². The number of hydrogen-bond donors (Lipinski definition) is 1. The van der Waals surface area contributed by atoms with E-state index in [1.54, 1.807) is 40.5 Å². The number of amides is 2. The van der Waals surface area contributed by atoms with Crippen molar-refractivity contribution in [1.29, 1.82) is 0 Å². The van der Waals surface area contributed by atoms with Crippen molar-refractivity contribution in [2.45, 2.75) is 13.5 Å². The number of hydrogen-bond acceptors (Lipinski definition) is 3. The molecule has 0 aliphatic rings. The van der Waals surface area contributed by atoms with Crippen LogP contribution in [0.1, 0.15) is 22.2 Å². The van der Waals surface area contributed by atoms with Crippen molar-refractivity contribution in [3.63, 3.8) is 0 Å². The van der Waals surface area contributed by atoms with Crippen LogP contribution in [0, 0.1) is 0 Å². The van der Waals surface area contributed by atoms with E-state index in [0.29, 0.717) is 18.7 Å². The molecule has 5 heteroatoms. The number of likely N-dealkylation sites (N-methyl/N-ethyl adjacent to an activating group) is 1. The van der Waals surface area contributed by atoms with Crippen LogP contribution in [0.3, 0.4) is 0 Å². The maximum absolute atomic E-state index is 12.2. The molecule has 4 nitrogen and oxygen atoms in total. The van der Waals surface area contributed by atoms with Crippen LogP contribution in [0.2, 0.25) is 0 Å². The number of rotatable bonds is 6. The van der Waals surface area contributed by atoms with Gasteiger partial charge in [-0.25, -0.2) is 0 Å². The average molecular weight is 302 g/mol. The first-order valence-corrected chi connectivity index (χ1v) is 7.72. The van der Waals surface area contributed by atoms with E-state index in [4.69, 9.17) is 0 Å². The molecule has 0 fully saturated rings. The summed E-state index contributed by atoms with van der Waals surface area (Å²) >= 11 is 1.62. The molecule has 21 heavy (non-hydrogen) atoms. The van der Waals surface area contributed by atoms with E-state index in [9.17, 15) is 9.59 Å². The summed E-state index contributed by atoms with van der Waals surface area (Å²) in [7, 11) is 0. The minimum Gasteiger partial charge on any atom is -0.343 e. The first kappa shape index (κ1) is 15.3. The van der Waals surface area contributed by atoms with Gasteiger partial charge in [0.25, 0.3) is 5.91 Å². The highest BCUT2D eigenvalue weighted by molar-refractivity contribution is 7.09. The first-order chi connectivity index (χ1) is 10.2. The van der Waals surface area contributed by atoms with Gasteiger partial charge in [-0.1, -0.05) is 24.3 Å². The lowest BCUT2D eigenvalue weighted by atomic mass is 10.2. The van der Waals surface area contributed by atoms with Crippen LogP contribution in [0.5, 0.6) is 0 Å². The van der Waals surface area contributed by atoms with Crippen LogP contribution in [0.4, 0.5) is 0 Å². The maximum Gasteiger partial charge on any atom is 0.251 e. The standard InChI is InChI=1S/C16H18N2O2S/c1-2-18(12-14-9-6-10-21-14)15(19)11-17-16(20)13-7-4-3-5-8-13/h3-10H,2,11-12H2,1H3,(H,17,20). The SMILES string of the molecule is CCN(Cc1cccs1)C(=O)CNC(=O)c1ccccc1. The van der Waals surface area contributed by atoms with Crippen LogP contribution in [-0.4, -0.2) is 29.8 Å². The predicted octanol–water partition coefficient (Wildman–Crippen LogP) is 2.53. The van der Waals surface area contributed by atoms with Crippen molar-refractivity contribution in [3.8, 4) is 0 Å². The highest BCUT2D eigenvalue weighted by Crippen LogP contribution is 2.11. The van der Waals surface area contributed by atoms with Gasteiger partial charge in [0.2, 0.25) is 5.91 Å². The number of thiophene rings is 1. The average Bonchev–Trinajstić information content (AvgIpc) is 3.03. The zero-order valence-corrected chi connectivity index (χ0v) is 12.7. The van der Waals surface area contributed by atoms with Crippen molar-refractivity contribution < 1.29 is 9.59 Å². The number of nitrogens with one attached hydrogen (secondary N) is 1. The second-order valence-corrected chi connectivity index (χ2v) is 5.57. The Morgan fingerprint density at radius 2 is 1.90 bits per heavy atom. The number of nitrogens with zero attached hydrogens (tertiary/aromatic N) is 1. The van der Waals surface area contributed by atoms with Crippen LogP contribution in [-0.2, 0) is 11.3 Å². The third-order valence-corrected chi connectivity index (χ3v) is 3.96. The van der Waals surface area contributed by atoms with Crippen LogP contribution in [0.25, 0.3) is 0 Å². The van der Waals surface area contributed by atoms with Crippen molar-refractivity contribution >= 4 is 23.2 Å². The molecule has 0 spiro atoms. The molecule has 0 atom stereocenters. The number of benzene rings is 1. The Balaban J connectivity index is 1.86. The Labute approximate surface area is 128 Å². The van der Waals surface area contributed by atoms with Crippen molar-refractivity contribution in [2.24, 2.45) is 0 Å². The molecule has 1 aromatic heterocycles. The van der Waals surface area contributed by atoms with Gasteiger partial charge >= 0.3 is 0 Å². The zero-order chi connectivity index (χ0) is 15.1. The molecule has 0 aliphatic heterocycles. The monoisotopic (exact) mass is 302 g/mol. The van der Waals surface area contributed by atoms with E-state index in [2.05, 4.69) is 5.32 Å². The van der Waals surface area contributed by atoms with Crippen molar-refractivity contribution in [1.82, 2.24) is 10.2 Å². The second-order valence-electron chi connectivity index (χ2n) is 4.54. The lowest BCUT2D eigenvalue weighted by Crippen LogP contribution is -2.39. The largest absolute Gasteiger partial charge is 0.343 e. The minimum absolute atomic E-state index is 0.0208. The quantitative estimate of drug-likeness (QED) is 0.891. The Bertz CT molecular complexity index is 582. The maximum atomic E-state index is 12.2. The summed E-state index contributed by atoms with van der Waals surface area (Å²) in [6, 6.07) is 12.9. The normalized spacial score (nSPS) is 10.1. The summed E-state index contributed by atoms with van der Waals surface area (Å²) in [5.74, 6) is -0.300. The Morgan fingerprint density at radius 1 is 1.14 bits per heavy atom. The van der Waals surface area contributed by atoms with E-state index >= 15 is 0 Å². The smallest absolute Gasteiger partial charge is 0.251 e. The molecule has 2 amide bonds. The molecule has 0 saturated heterocycles. The van der Waals surface area contributed by atoms with E-state index in [0.717, 1.165) is 4.88 Å². The Morgan fingerprint density at radius 3 is 2.52 bits per heavy atom. The highest BCUT2D eigenvalue weighted by atomic mass is 32.1. The fourth-order valence-electron chi connectivity index (χ4n) is 1.93. The van der Waals surface area contributed by atoms with E-state index in [1.165, 1.54) is 0 Å². The molecule has 0 saturated carbocycles. The molecule has 1 N–H and O–H groups in total. The molecule has 110 valence electrons. The molecule has 1 aromatic carbocycles. The fourth-order valence-corrected chi connectivity index (χ4v) is 2.65. The molecule has 0 aliphatic carbocycles. The molecule has 2 rings (SSSR count). The lowest BCUT2D eigenvalue weighted by molar-refractivity contribution is -0.130. The fraction of sp³-hybridized carbons (Fsp3) is 0.250. The lowest BCUT2D eigenvalue weighted by Gasteiger charge is -2.20. The van der Waals surface area contributed by atoms with E-state index < -0.39 is 0 Å². The Kier molecular flexibility index (Phi) is 5.51. The molecule has 2 aromatic rings. The van der Waals surface area contributed by atoms with Gasteiger partial charge in [-0.05, 0) is 30.5 Å². The molecular weight excluding hydrogens is 284 g/mol. The molecule has 0 radical (unpaired) electrons. The third kappa shape index (κ3) is 4.43. The summed E-state index contributed by atoms with van der Waals surface area (Å²) in [6.45, 7) is 3.17. The molecule has 1 heterocycles. The minimum atomic E-state index is -0.226. The van der Waals surface area contributed by atoms with Gasteiger partial charge in [0.1, 0.15) is 0 Å². The predicted molar refractivity (Wildman–Crippen MR) is 84.2 cm³/mol. The van der Waals surface area contributed by atoms with Gasteiger partial charge in [-0.3, -0.25) is 9.59 Å². The van der Waals surface area contributed by atoms with Gasteiger partial charge in [0, 0.05) is 17.0 Å². The first-order valence-electron chi connectivity index (χ1n) is 6.84. The third-order valence-electron chi connectivity index (χ3n) is 3.10. The summed E-state index contributed by atoms with van der Waals surface area (Å²) in [4.78, 5) is 26.9. The van der Waals surface area contributed by atoms with Gasteiger partial charge in [0.05, 0.1) is 13.1 Å². The molecule has 0 unspecified atom stereocenters. The summed E-state index contributed by atoms with van der Waals surface area (Å²) in [6.07, 6.45) is 0. The van der Waals surface area contributed by atoms with Crippen LogP contribution < -0.4 is 5.32 Å². The summed E-state index contributed by atoms with van der Waals surface area (Å²) < 4.78 is 0. The summed E-state index contributed by atoms with van der Waals surface area (Å²) in [5, 5.41) is 4.66. The number of carbonyl (C=O) groups is 2. The highest BCUT2D eigenvalue weighted by Gasteiger charge is 2.14. The van der Waals surface area contributed by atoms with E-state index in [1.807, 2.05) is 30.5 Å². The van der Waals surface area contributed by atoms with Crippen molar-refractivity contribution in [2.75, 3.05) is 13.1 Å². The van der Waals surface area contributed by atoms with Gasteiger partial charge < -0.3 is 10.2 Å². The number of carbonyl (C=O) groups excluding carboxylic acids is 2. The van der Waals surface area contributed by atoms with Gasteiger partial charge in [0.15, 0.2) is 0 Å². The van der Waals surface area contributed by atoms with Crippen molar-refractivity contribution in [3.05, 3.63) is 58.3 Å². The Hall–Kier alpha value is -2.14. The molecular formula is C16H18N2O2S. The van der Waals surface area contributed by atoms with Gasteiger partial charge in [-0.2, -0.15) is 0 Å². The molecule has 0 bridgehead atoms. The van der Waals surface area contributed by atoms with Gasteiger partial charge in [-0.15, -0.1) is 11.3 Å². The van der Waals surface area contributed by atoms with Crippen LogP contribution >= 0.6 is 11.3 Å². The summed E-state index contributed by atoms with van der Waals surface area (Å²) in [5.41, 5.74) is 0.562. The van der Waals surface area contributed by atoms with Crippen LogP contribution in [0.15, 0.2) is 47.8 Å². The zero-order valence-electron chi connectivity index (χ0n) is 11.9. The van der Waals surface area contributed by atoms with E-state index in [-0.39, 0.29) is 18.4 Å². The second kappa shape index (κ2) is 7.59.